The number of nitrogens with zero attached hydrogens (tertiary/aromatic N) is 1. The van der Waals surface area contributed by atoms with E-state index < -0.39 is 5.97 Å². The summed E-state index contributed by atoms with van der Waals surface area (Å²) in [5.41, 5.74) is 1.56. The number of hydrogen-bond donors (Lipinski definition) is 2. The van der Waals surface area contributed by atoms with Crippen molar-refractivity contribution in [1.29, 1.82) is 5.26 Å². The summed E-state index contributed by atoms with van der Waals surface area (Å²) in [6.07, 6.45) is 4.01. The van der Waals surface area contributed by atoms with Crippen LogP contribution in [0.2, 0.25) is 0 Å². The van der Waals surface area contributed by atoms with Gasteiger partial charge in [-0.1, -0.05) is 24.3 Å². The zero-order valence-electron chi connectivity index (χ0n) is 13.7. The Hall–Kier alpha value is -2.47. The van der Waals surface area contributed by atoms with E-state index in [1.165, 1.54) is 23.1 Å². The molecule has 0 fully saturated rings. The number of nitriles is 1. The van der Waals surface area contributed by atoms with Gasteiger partial charge in [-0.05, 0) is 23.1 Å². The van der Waals surface area contributed by atoms with Crippen molar-refractivity contribution in [3.05, 3.63) is 63.2 Å². The fourth-order valence-electron chi connectivity index (χ4n) is 2.86. The number of nitrogens with one attached hydrogen (secondary N) is 1. The molecule has 2 N–H and O–H groups in total. The van der Waals surface area contributed by atoms with Crippen molar-refractivity contribution in [3.8, 4) is 16.5 Å². The lowest BCUT2D eigenvalue weighted by atomic mass is 10.1. The molecule has 0 bridgehead atoms. The molecule has 1 aromatic heterocycles. The molecular weight excluding hydrogens is 400 g/mol. The standard InChI is InChI=1S/C19H12N2O3S3/c20-8-10-1-3-11(4-2-10)17-16(19(23)24)12(9-26-17)21-18(22)15-7-14-13(27-15)5-6-25-14/h1-7,9,13-14H,(H,21,22)(H,23,24). The molecule has 2 aromatic rings. The normalized spacial score (nSPS) is 20.0. The second-order valence-electron chi connectivity index (χ2n) is 5.84. The summed E-state index contributed by atoms with van der Waals surface area (Å²) in [5, 5.41) is 25.6. The van der Waals surface area contributed by atoms with Crippen molar-refractivity contribution in [3.63, 3.8) is 0 Å². The molecule has 1 amide bonds. The minimum absolute atomic E-state index is 0.0659. The van der Waals surface area contributed by atoms with E-state index in [0.29, 0.717) is 26.6 Å². The Morgan fingerprint density at radius 3 is 2.63 bits per heavy atom. The number of thiophene rings is 1. The van der Waals surface area contributed by atoms with Crippen LogP contribution in [0.1, 0.15) is 15.9 Å². The first kappa shape index (κ1) is 17.9. The van der Waals surface area contributed by atoms with Gasteiger partial charge in [0.05, 0.1) is 27.1 Å². The molecule has 8 heteroatoms. The maximum absolute atomic E-state index is 12.6. The lowest BCUT2D eigenvalue weighted by Gasteiger charge is -2.07. The summed E-state index contributed by atoms with van der Waals surface area (Å²) in [4.78, 5) is 25.6. The number of carboxylic acids is 1. The van der Waals surface area contributed by atoms with Gasteiger partial charge in [-0.2, -0.15) is 5.26 Å². The van der Waals surface area contributed by atoms with E-state index in [2.05, 4.69) is 11.4 Å². The maximum Gasteiger partial charge on any atom is 0.339 e. The molecule has 0 spiro atoms. The molecule has 1 aromatic carbocycles. The predicted molar refractivity (Wildman–Crippen MR) is 110 cm³/mol. The van der Waals surface area contributed by atoms with E-state index in [0.717, 1.165) is 0 Å². The van der Waals surface area contributed by atoms with Crippen molar-refractivity contribution in [2.45, 2.75) is 10.5 Å². The molecule has 2 aliphatic heterocycles. The van der Waals surface area contributed by atoms with Crippen molar-refractivity contribution in [1.82, 2.24) is 0 Å². The molecular formula is C19H12N2O3S3. The van der Waals surface area contributed by atoms with Gasteiger partial charge >= 0.3 is 5.97 Å². The Bertz CT molecular complexity index is 1030. The predicted octanol–water partition coefficient (Wildman–Crippen LogP) is 4.55. The molecule has 3 heterocycles. The number of fused-ring (bicyclic) bond motifs is 1. The van der Waals surface area contributed by atoms with Crippen LogP contribution in [0.25, 0.3) is 10.4 Å². The van der Waals surface area contributed by atoms with Crippen LogP contribution in [0.5, 0.6) is 0 Å². The maximum atomic E-state index is 12.6. The molecule has 5 nitrogen and oxygen atoms in total. The molecule has 2 atom stereocenters. The Morgan fingerprint density at radius 2 is 1.96 bits per heavy atom. The van der Waals surface area contributed by atoms with E-state index in [1.807, 2.05) is 17.6 Å². The number of benzene rings is 1. The Kier molecular flexibility index (Phi) is 4.83. The fraction of sp³-hybridized carbons (Fsp3) is 0.105. The molecule has 0 saturated heterocycles. The molecule has 0 radical (unpaired) electrons. The zero-order chi connectivity index (χ0) is 19.0. The van der Waals surface area contributed by atoms with Crippen LogP contribution in [0.3, 0.4) is 0 Å². The first-order valence-electron chi connectivity index (χ1n) is 7.94. The van der Waals surface area contributed by atoms with E-state index in [4.69, 9.17) is 5.26 Å². The summed E-state index contributed by atoms with van der Waals surface area (Å²) < 4.78 is 0. The highest BCUT2D eigenvalue weighted by atomic mass is 32.2. The zero-order valence-corrected chi connectivity index (χ0v) is 16.2. The summed E-state index contributed by atoms with van der Waals surface area (Å²) >= 11 is 4.43. The number of aromatic carboxylic acids is 1. The molecule has 134 valence electrons. The third-order valence-corrected chi connectivity index (χ3v) is 7.72. The smallest absolute Gasteiger partial charge is 0.339 e. The largest absolute Gasteiger partial charge is 0.478 e. The van der Waals surface area contributed by atoms with E-state index >= 15 is 0 Å². The number of anilines is 1. The molecule has 2 aliphatic rings. The molecule has 4 rings (SSSR count). The van der Waals surface area contributed by atoms with Crippen LogP contribution < -0.4 is 5.32 Å². The third kappa shape index (κ3) is 3.41. The van der Waals surface area contributed by atoms with Crippen LogP contribution in [-0.2, 0) is 4.79 Å². The van der Waals surface area contributed by atoms with Crippen LogP contribution in [-0.4, -0.2) is 27.5 Å². The average molecular weight is 413 g/mol. The lowest BCUT2D eigenvalue weighted by Crippen LogP contribution is -2.14. The van der Waals surface area contributed by atoms with Gasteiger partial charge in [-0.15, -0.1) is 34.9 Å². The molecule has 0 saturated carbocycles. The van der Waals surface area contributed by atoms with Gasteiger partial charge in [0.15, 0.2) is 0 Å². The van der Waals surface area contributed by atoms with Gasteiger partial charge in [0.1, 0.15) is 5.56 Å². The number of hydrogen-bond acceptors (Lipinski definition) is 6. The number of rotatable bonds is 4. The first-order chi connectivity index (χ1) is 13.1. The van der Waals surface area contributed by atoms with Gasteiger partial charge in [-0.3, -0.25) is 4.79 Å². The second-order valence-corrected chi connectivity index (χ2v) is 9.03. The minimum atomic E-state index is -1.10. The SMILES string of the molecule is N#Cc1ccc(-c2scc(NC(=O)C3=CC4SC=CC4S3)c2C(=O)O)cc1. The highest BCUT2D eigenvalue weighted by Crippen LogP contribution is 2.44. The minimum Gasteiger partial charge on any atom is -0.478 e. The first-order valence-corrected chi connectivity index (χ1v) is 10.6. The summed E-state index contributed by atoms with van der Waals surface area (Å²) in [7, 11) is 0. The van der Waals surface area contributed by atoms with Crippen molar-refractivity contribution in [2.75, 3.05) is 5.32 Å². The number of carbonyl (C=O) groups is 2. The monoisotopic (exact) mass is 412 g/mol. The van der Waals surface area contributed by atoms with Crippen LogP contribution >= 0.6 is 34.9 Å². The third-order valence-electron chi connectivity index (χ3n) is 4.16. The number of amides is 1. The quantitative estimate of drug-likeness (QED) is 0.766. The molecule has 27 heavy (non-hydrogen) atoms. The fourth-order valence-corrected chi connectivity index (χ4v) is 6.35. The highest BCUT2D eigenvalue weighted by Gasteiger charge is 2.33. The summed E-state index contributed by atoms with van der Waals surface area (Å²) in [6, 6.07) is 8.74. The Labute approximate surface area is 167 Å². The van der Waals surface area contributed by atoms with Gasteiger partial charge in [0, 0.05) is 15.9 Å². The summed E-state index contributed by atoms with van der Waals surface area (Å²) in [5.74, 6) is -1.38. The lowest BCUT2D eigenvalue weighted by molar-refractivity contribution is -0.112. The van der Waals surface area contributed by atoms with Gasteiger partial charge in [-0.25, -0.2) is 4.79 Å². The van der Waals surface area contributed by atoms with E-state index in [9.17, 15) is 14.7 Å². The van der Waals surface area contributed by atoms with Crippen molar-refractivity contribution < 1.29 is 14.7 Å². The van der Waals surface area contributed by atoms with E-state index in [1.54, 1.807) is 41.4 Å². The number of carbonyl (C=O) groups excluding carboxylic acids is 1. The highest BCUT2D eigenvalue weighted by molar-refractivity contribution is 8.09. The van der Waals surface area contributed by atoms with Crippen LogP contribution in [0, 0.1) is 11.3 Å². The average Bonchev–Trinajstić information content (AvgIpc) is 3.36. The Morgan fingerprint density at radius 1 is 1.19 bits per heavy atom. The molecule has 2 unspecified atom stereocenters. The topological polar surface area (TPSA) is 90.2 Å². The van der Waals surface area contributed by atoms with Crippen molar-refractivity contribution in [2.24, 2.45) is 0 Å². The van der Waals surface area contributed by atoms with Crippen LogP contribution in [0.15, 0.2) is 52.1 Å². The summed E-state index contributed by atoms with van der Waals surface area (Å²) in [6.45, 7) is 0. The van der Waals surface area contributed by atoms with Gasteiger partial charge < -0.3 is 10.4 Å². The van der Waals surface area contributed by atoms with Gasteiger partial charge in [0.2, 0.25) is 0 Å². The van der Waals surface area contributed by atoms with Crippen LogP contribution in [0.4, 0.5) is 5.69 Å². The van der Waals surface area contributed by atoms with E-state index in [-0.39, 0.29) is 22.0 Å². The van der Waals surface area contributed by atoms with Gasteiger partial charge in [0.25, 0.3) is 5.91 Å². The second kappa shape index (κ2) is 7.27. The number of carboxylic acid groups (broad SMARTS) is 1. The molecule has 0 aliphatic carbocycles. The number of thioether (sulfide) groups is 2. The Balaban J connectivity index is 1.60. The van der Waals surface area contributed by atoms with Crippen molar-refractivity contribution >= 4 is 52.4 Å².